The van der Waals surface area contributed by atoms with Crippen molar-refractivity contribution in [2.45, 2.75) is 33.2 Å². The zero-order valence-electron chi connectivity index (χ0n) is 15.7. The van der Waals surface area contributed by atoms with Gasteiger partial charge in [0.05, 0.1) is 19.1 Å². The molecule has 0 bridgehead atoms. The highest BCUT2D eigenvalue weighted by Crippen LogP contribution is 2.36. The minimum atomic E-state index is 0.0596. The molecule has 3 aromatic rings. The molecule has 1 aliphatic heterocycles. The highest BCUT2D eigenvalue weighted by molar-refractivity contribution is 7.18. The van der Waals surface area contributed by atoms with Gasteiger partial charge in [0.2, 0.25) is 0 Å². The number of benzene rings is 1. The second-order valence-corrected chi connectivity index (χ2v) is 7.52. The molecule has 2 aromatic heterocycles. The summed E-state index contributed by atoms with van der Waals surface area (Å²) in [6.45, 7) is 5.28. The third kappa shape index (κ3) is 3.04. The molecule has 0 spiro atoms. The van der Waals surface area contributed by atoms with Crippen LogP contribution in [0.25, 0.3) is 21.9 Å². The maximum atomic E-state index is 12.9. The van der Waals surface area contributed by atoms with E-state index in [1.54, 1.807) is 23.0 Å². The van der Waals surface area contributed by atoms with Crippen LogP contribution < -0.4 is 15.0 Å². The van der Waals surface area contributed by atoms with Crippen molar-refractivity contribution in [3.8, 4) is 11.5 Å². The van der Waals surface area contributed by atoms with Gasteiger partial charge < -0.3 is 9.47 Å². The maximum Gasteiger partial charge on any atom is 0.262 e. The maximum absolute atomic E-state index is 12.9. The summed E-state index contributed by atoms with van der Waals surface area (Å²) < 4.78 is 13.0. The Hall–Kier alpha value is -2.60. The number of para-hydroxylation sites is 1. The third-order valence-electron chi connectivity index (χ3n) is 4.79. The Labute approximate surface area is 161 Å². The van der Waals surface area contributed by atoms with Crippen molar-refractivity contribution in [3.63, 3.8) is 0 Å². The number of hydrogen-bond acceptors (Lipinski definition) is 5. The number of ether oxygens (including phenoxy) is 2. The van der Waals surface area contributed by atoms with Gasteiger partial charge in [-0.2, -0.15) is 0 Å². The van der Waals surface area contributed by atoms with Crippen molar-refractivity contribution >= 4 is 33.2 Å². The largest absolute Gasteiger partial charge is 0.492 e. The van der Waals surface area contributed by atoms with Crippen molar-refractivity contribution in [2.24, 2.45) is 0 Å². The first-order valence-corrected chi connectivity index (χ1v) is 10.0. The lowest BCUT2D eigenvalue weighted by atomic mass is 10.1. The second-order valence-electron chi connectivity index (χ2n) is 6.41. The Balaban J connectivity index is 1.84. The van der Waals surface area contributed by atoms with Gasteiger partial charge in [-0.05, 0) is 43.5 Å². The number of fused-ring (bicyclic) bond motifs is 2. The molecule has 27 heavy (non-hydrogen) atoms. The summed E-state index contributed by atoms with van der Waals surface area (Å²) in [5.41, 5.74) is 2.04. The molecule has 0 saturated heterocycles. The lowest BCUT2D eigenvalue weighted by molar-refractivity contribution is 0.310. The first kappa shape index (κ1) is 17.8. The number of methoxy groups -OCH3 is 1. The van der Waals surface area contributed by atoms with Crippen molar-refractivity contribution in [1.82, 2.24) is 9.55 Å². The molecule has 140 valence electrons. The summed E-state index contributed by atoms with van der Waals surface area (Å²) in [4.78, 5) is 19.7. The van der Waals surface area contributed by atoms with Crippen LogP contribution in [-0.4, -0.2) is 23.3 Å². The SMILES string of the molecule is CCOc1cccc(/C=C2\CCn3c2nc2sc(CC)cc2c3=O)c1OC. The van der Waals surface area contributed by atoms with Crippen LogP contribution in [0.4, 0.5) is 0 Å². The van der Waals surface area contributed by atoms with E-state index in [0.717, 1.165) is 45.8 Å². The molecule has 0 unspecified atom stereocenters. The minimum Gasteiger partial charge on any atom is -0.492 e. The molecule has 0 atom stereocenters. The summed E-state index contributed by atoms with van der Waals surface area (Å²) in [6.07, 6.45) is 3.76. The van der Waals surface area contributed by atoms with Gasteiger partial charge in [0.15, 0.2) is 11.5 Å². The topological polar surface area (TPSA) is 53.4 Å². The fraction of sp³-hybridized carbons (Fsp3) is 0.333. The molecule has 1 aromatic carbocycles. The molecule has 3 heterocycles. The molecule has 0 radical (unpaired) electrons. The van der Waals surface area contributed by atoms with Gasteiger partial charge in [-0.25, -0.2) is 4.98 Å². The van der Waals surface area contributed by atoms with Gasteiger partial charge in [0.25, 0.3) is 5.56 Å². The number of rotatable bonds is 5. The van der Waals surface area contributed by atoms with Crippen LogP contribution in [-0.2, 0) is 13.0 Å². The quantitative estimate of drug-likeness (QED) is 0.657. The van der Waals surface area contributed by atoms with Crippen LogP contribution in [0.15, 0.2) is 29.1 Å². The van der Waals surface area contributed by atoms with E-state index >= 15 is 0 Å². The standard InChI is InChI=1S/C21H22N2O3S/c1-4-15-12-16-20(27-15)22-19-14(9-10-23(19)21(16)24)11-13-7-6-8-17(26-5-2)18(13)25-3/h6-8,11-12H,4-5,9-10H2,1-3H3/b14-11+. The summed E-state index contributed by atoms with van der Waals surface area (Å²) in [6, 6.07) is 7.83. The summed E-state index contributed by atoms with van der Waals surface area (Å²) in [5.74, 6) is 2.19. The number of hydrogen-bond donors (Lipinski definition) is 0. The van der Waals surface area contributed by atoms with E-state index in [2.05, 4.69) is 13.0 Å². The highest BCUT2D eigenvalue weighted by Gasteiger charge is 2.22. The van der Waals surface area contributed by atoms with Gasteiger partial charge in [0, 0.05) is 17.0 Å². The van der Waals surface area contributed by atoms with E-state index in [9.17, 15) is 4.79 Å². The zero-order valence-corrected chi connectivity index (χ0v) is 16.6. The van der Waals surface area contributed by atoms with Gasteiger partial charge in [-0.15, -0.1) is 11.3 Å². The van der Waals surface area contributed by atoms with E-state index in [0.29, 0.717) is 18.9 Å². The fourth-order valence-electron chi connectivity index (χ4n) is 3.50. The number of aromatic nitrogens is 2. The summed E-state index contributed by atoms with van der Waals surface area (Å²) in [7, 11) is 1.65. The van der Waals surface area contributed by atoms with Crippen LogP contribution in [0.2, 0.25) is 0 Å². The predicted molar refractivity (Wildman–Crippen MR) is 110 cm³/mol. The normalized spacial score (nSPS) is 14.7. The van der Waals surface area contributed by atoms with Crippen molar-refractivity contribution in [1.29, 1.82) is 0 Å². The van der Waals surface area contributed by atoms with Gasteiger partial charge >= 0.3 is 0 Å². The van der Waals surface area contributed by atoms with Crippen LogP contribution in [0.5, 0.6) is 11.5 Å². The molecule has 0 amide bonds. The monoisotopic (exact) mass is 382 g/mol. The Bertz CT molecular complexity index is 1090. The van der Waals surface area contributed by atoms with Crippen LogP contribution in [0, 0.1) is 0 Å². The molecule has 4 rings (SSSR count). The first-order valence-electron chi connectivity index (χ1n) is 9.20. The van der Waals surface area contributed by atoms with Gasteiger partial charge in [-0.1, -0.05) is 19.1 Å². The molecule has 6 heteroatoms. The Morgan fingerprint density at radius 1 is 1.33 bits per heavy atom. The molecule has 0 aliphatic carbocycles. The molecule has 5 nitrogen and oxygen atoms in total. The summed E-state index contributed by atoms with van der Waals surface area (Å²) in [5, 5.41) is 0.734. The zero-order chi connectivity index (χ0) is 19.0. The van der Waals surface area contributed by atoms with E-state index in [4.69, 9.17) is 14.5 Å². The molecule has 1 aliphatic rings. The minimum absolute atomic E-state index is 0.0596. The lowest BCUT2D eigenvalue weighted by Crippen LogP contribution is -2.19. The van der Waals surface area contributed by atoms with Crippen LogP contribution in [0.1, 0.15) is 36.5 Å². The number of thiophene rings is 1. The lowest BCUT2D eigenvalue weighted by Gasteiger charge is -2.12. The summed E-state index contributed by atoms with van der Waals surface area (Å²) >= 11 is 1.61. The third-order valence-corrected chi connectivity index (χ3v) is 5.96. The Morgan fingerprint density at radius 3 is 2.93 bits per heavy atom. The smallest absolute Gasteiger partial charge is 0.262 e. The van der Waals surface area contributed by atoms with E-state index in [1.807, 2.05) is 31.2 Å². The Kier molecular flexibility index (Phi) is 4.74. The van der Waals surface area contributed by atoms with Crippen LogP contribution in [0.3, 0.4) is 0 Å². The second kappa shape index (κ2) is 7.19. The van der Waals surface area contributed by atoms with Crippen molar-refractivity contribution in [3.05, 3.63) is 50.9 Å². The highest BCUT2D eigenvalue weighted by atomic mass is 32.1. The predicted octanol–water partition coefficient (Wildman–Crippen LogP) is 4.37. The number of aryl methyl sites for hydroxylation is 1. The average molecular weight is 382 g/mol. The van der Waals surface area contributed by atoms with Crippen LogP contribution >= 0.6 is 11.3 Å². The molecule has 0 N–H and O–H groups in total. The van der Waals surface area contributed by atoms with Gasteiger partial charge in [0.1, 0.15) is 10.7 Å². The molecular weight excluding hydrogens is 360 g/mol. The van der Waals surface area contributed by atoms with E-state index in [-0.39, 0.29) is 5.56 Å². The van der Waals surface area contributed by atoms with E-state index in [1.165, 1.54) is 4.88 Å². The fourth-order valence-corrected chi connectivity index (χ4v) is 4.45. The van der Waals surface area contributed by atoms with E-state index < -0.39 is 0 Å². The van der Waals surface area contributed by atoms with Gasteiger partial charge in [-0.3, -0.25) is 9.36 Å². The Morgan fingerprint density at radius 2 is 2.19 bits per heavy atom. The number of nitrogens with zero attached hydrogens (tertiary/aromatic N) is 2. The first-order chi connectivity index (χ1) is 13.2. The molecule has 0 saturated carbocycles. The van der Waals surface area contributed by atoms with Crippen molar-refractivity contribution < 1.29 is 9.47 Å². The average Bonchev–Trinajstić information content (AvgIpc) is 3.27. The van der Waals surface area contributed by atoms with Crippen molar-refractivity contribution in [2.75, 3.05) is 13.7 Å². The number of allylic oxidation sites excluding steroid dienone is 1. The molecular formula is C21H22N2O3S. The molecule has 0 fully saturated rings.